The summed E-state index contributed by atoms with van der Waals surface area (Å²) < 4.78 is 2.12. The van der Waals surface area contributed by atoms with E-state index in [0.717, 1.165) is 31.6 Å². The molecule has 1 amide bonds. The first kappa shape index (κ1) is 16.7. The summed E-state index contributed by atoms with van der Waals surface area (Å²) in [5.41, 5.74) is 7.43. The lowest BCUT2D eigenvalue weighted by Gasteiger charge is -2.12. The fourth-order valence-electron chi connectivity index (χ4n) is 2.99. The highest BCUT2D eigenvalue weighted by Crippen LogP contribution is 2.07. The molecule has 1 aromatic carbocycles. The molecule has 1 aromatic heterocycles. The van der Waals surface area contributed by atoms with Gasteiger partial charge >= 0.3 is 0 Å². The molecule has 0 saturated carbocycles. The van der Waals surface area contributed by atoms with Crippen molar-refractivity contribution in [1.82, 2.24) is 25.7 Å². The van der Waals surface area contributed by atoms with Gasteiger partial charge in [0.05, 0.1) is 6.54 Å². The molecule has 3 rings (SSSR count). The van der Waals surface area contributed by atoms with Gasteiger partial charge in [0.25, 0.3) is 0 Å². The van der Waals surface area contributed by atoms with Crippen molar-refractivity contribution in [1.29, 1.82) is 0 Å². The molecule has 128 valence electrons. The molecule has 0 aliphatic carbocycles. The van der Waals surface area contributed by atoms with Crippen LogP contribution >= 0.6 is 0 Å². The van der Waals surface area contributed by atoms with Crippen LogP contribution in [0.1, 0.15) is 31.2 Å². The number of carbonyl (C=O) groups is 1. The van der Waals surface area contributed by atoms with Gasteiger partial charge in [-0.05, 0) is 31.7 Å². The molecule has 0 spiro atoms. The van der Waals surface area contributed by atoms with Gasteiger partial charge in [-0.3, -0.25) is 10.2 Å². The van der Waals surface area contributed by atoms with Gasteiger partial charge in [0.15, 0.2) is 0 Å². The fraction of sp³-hybridized carbons (Fsp3) is 0.444. The summed E-state index contributed by atoms with van der Waals surface area (Å²) in [7, 11) is 0. The molecule has 1 fully saturated rings. The highest BCUT2D eigenvalue weighted by atomic mass is 16.2. The Bertz CT molecular complexity index is 654. The first-order chi connectivity index (χ1) is 11.7. The van der Waals surface area contributed by atoms with E-state index < -0.39 is 0 Å². The van der Waals surface area contributed by atoms with Crippen molar-refractivity contribution in [3.63, 3.8) is 0 Å². The van der Waals surface area contributed by atoms with Crippen LogP contribution in [0, 0.1) is 0 Å². The van der Waals surface area contributed by atoms with Crippen molar-refractivity contribution in [2.45, 2.75) is 51.4 Å². The molecule has 6 heteroatoms. The number of aryl methyl sites for hydroxylation is 2. The third-order valence-corrected chi connectivity index (χ3v) is 4.34. The zero-order valence-corrected chi connectivity index (χ0v) is 14.0. The summed E-state index contributed by atoms with van der Waals surface area (Å²) in [6.07, 6.45) is 6.66. The number of hydrazine groups is 1. The smallest absolute Gasteiger partial charge is 0.238 e. The number of rotatable bonds is 7. The predicted molar refractivity (Wildman–Crippen MR) is 93.0 cm³/mol. The number of nitrogens with zero attached hydrogens (tertiary/aromatic N) is 2. The Morgan fingerprint density at radius 1 is 1.33 bits per heavy atom. The highest BCUT2D eigenvalue weighted by molar-refractivity contribution is 5.81. The van der Waals surface area contributed by atoms with Crippen LogP contribution in [0.2, 0.25) is 0 Å². The van der Waals surface area contributed by atoms with E-state index in [4.69, 9.17) is 0 Å². The van der Waals surface area contributed by atoms with Crippen molar-refractivity contribution >= 4 is 5.91 Å². The second-order valence-corrected chi connectivity index (χ2v) is 6.32. The summed E-state index contributed by atoms with van der Waals surface area (Å²) >= 11 is 0. The quantitative estimate of drug-likeness (QED) is 0.719. The van der Waals surface area contributed by atoms with E-state index in [1.807, 2.05) is 12.3 Å². The van der Waals surface area contributed by atoms with Gasteiger partial charge in [0.1, 0.15) is 11.9 Å². The van der Waals surface area contributed by atoms with Crippen molar-refractivity contribution in [3.8, 4) is 0 Å². The van der Waals surface area contributed by atoms with E-state index >= 15 is 0 Å². The minimum atomic E-state index is -0.165. The molecule has 0 radical (unpaired) electrons. The molecule has 2 heterocycles. The molecule has 1 aliphatic rings. The zero-order valence-electron chi connectivity index (χ0n) is 14.0. The third-order valence-electron chi connectivity index (χ3n) is 4.34. The van der Waals surface area contributed by atoms with Crippen molar-refractivity contribution in [2.75, 3.05) is 0 Å². The third kappa shape index (κ3) is 4.43. The van der Waals surface area contributed by atoms with Crippen LogP contribution in [-0.4, -0.2) is 27.5 Å². The summed E-state index contributed by atoms with van der Waals surface area (Å²) in [4.78, 5) is 16.5. The monoisotopic (exact) mass is 327 g/mol. The van der Waals surface area contributed by atoms with Crippen LogP contribution in [0.25, 0.3) is 0 Å². The first-order valence-corrected chi connectivity index (χ1v) is 8.55. The summed E-state index contributed by atoms with van der Waals surface area (Å²) in [5, 5.41) is 2.97. The van der Waals surface area contributed by atoms with E-state index in [1.165, 1.54) is 5.56 Å². The van der Waals surface area contributed by atoms with Gasteiger partial charge in [-0.15, -0.1) is 0 Å². The number of nitrogens with one attached hydrogen (secondary N) is 3. The lowest BCUT2D eigenvalue weighted by atomic mass is 10.1. The number of carbonyl (C=O) groups excluding carboxylic acids is 1. The average molecular weight is 327 g/mol. The van der Waals surface area contributed by atoms with E-state index in [2.05, 4.69) is 56.9 Å². The van der Waals surface area contributed by atoms with Crippen molar-refractivity contribution in [2.24, 2.45) is 0 Å². The first-order valence-electron chi connectivity index (χ1n) is 8.55. The van der Waals surface area contributed by atoms with Crippen molar-refractivity contribution in [3.05, 3.63) is 54.1 Å². The van der Waals surface area contributed by atoms with E-state index in [-0.39, 0.29) is 11.9 Å². The molecule has 2 aromatic rings. The summed E-state index contributed by atoms with van der Waals surface area (Å²) in [6.45, 7) is 3.42. The normalized spacial score (nSPS) is 20.2. The van der Waals surface area contributed by atoms with Crippen LogP contribution < -0.4 is 16.2 Å². The van der Waals surface area contributed by atoms with Crippen LogP contribution in [0.15, 0.2) is 42.7 Å². The van der Waals surface area contributed by atoms with E-state index in [9.17, 15) is 4.79 Å². The van der Waals surface area contributed by atoms with Crippen LogP contribution in [-0.2, 0) is 24.3 Å². The van der Waals surface area contributed by atoms with Gasteiger partial charge in [-0.25, -0.2) is 10.4 Å². The molecule has 6 nitrogen and oxygen atoms in total. The maximum Gasteiger partial charge on any atom is 0.238 e. The molecule has 2 atom stereocenters. The second-order valence-electron chi connectivity index (χ2n) is 6.32. The lowest BCUT2D eigenvalue weighted by molar-refractivity contribution is -0.123. The summed E-state index contributed by atoms with van der Waals surface area (Å²) in [5.74, 6) is 0.918. The Balaban J connectivity index is 1.45. The van der Waals surface area contributed by atoms with Crippen LogP contribution in [0.3, 0.4) is 0 Å². The minimum absolute atomic E-state index is 0.0192. The molecule has 1 saturated heterocycles. The fourth-order valence-corrected chi connectivity index (χ4v) is 2.99. The zero-order chi connectivity index (χ0) is 16.8. The largest absolute Gasteiger partial charge is 0.347 e. The number of benzene rings is 1. The minimum Gasteiger partial charge on any atom is -0.347 e. The SMILES string of the molecule is CC1CC(C(=O)NCc2nccn2CCCc2ccccc2)NN1. The van der Waals surface area contributed by atoms with Gasteiger partial charge < -0.3 is 9.88 Å². The van der Waals surface area contributed by atoms with Gasteiger partial charge in [-0.1, -0.05) is 30.3 Å². The number of hydrogen-bond donors (Lipinski definition) is 3. The van der Waals surface area contributed by atoms with Crippen LogP contribution in [0.4, 0.5) is 0 Å². The highest BCUT2D eigenvalue weighted by Gasteiger charge is 2.26. The molecule has 3 N–H and O–H groups in total. The lowest BCUT2D eigenvalue weighted by Crippen LogP contribution is -2.43. The number of hydrogen-bond acceptors (Lipinski definition) is 4. The topological polar surface area (TPSA) is 71.0 Å². The van der Waals surface area contributed by atoms with E-state index in [0.29, 0.717) is 12.6 Å². The number of imidazole rings is 1. The molecular formula is C18H25N5O. The van der Waals surface area contributed by atoms with Gasteiger partial charge in [-0.2, -0.15) is 0 Å². The van der Waals surface area contributed by atoms with Crippen LogP contribution in [0.5, 0.6) is 0 Å². The predicted octanol–water partition coefficient (Wildman–Crippen LogP) is 1.39. The molecular weight excluding hydrogens is 302 g/mol. The van der Waals surface area contributed by atoms with E-state index in [1.54, 1.807) is 6.20 Å². The number of aromatic nitrogens is 2. The Morgan fingerprint density at radius 2 is 2.17 bits per heavy atom. The van der Waals surface area contributed by atoms with Crippen molar-refractivity contribution < 1.29 is 4.79 Å². The molecule has 1 aliphatic heterocycles. The standard InChI is InChI=1S/C18H25N5O/c1-14-12-16(22-21-14)18(24)20-13-17-19-9-11-23(17)10-5-8-15-6-3-2-4-7-15/h2-4,6-7,9,11,14,16,21-22H,5,8,10,12-13H2,1H3,(H,20,24). The van der Waals surface area contributed by atoms with Gasteiger partial charge in [0, 0.05) is 25.0 Å². The summed E-state index contributed by atoms with van der Waals surface area (Å²) in [6, 6.07) is 10.6. The average Bonchev–Trinajstić information content (AvgIpc) is 3.23. The maximum atomic E-state index is 12.1. The molecule has 0 bridgehead atoms. The number of amides is 1. The Hall–Kier alpha value is -2.18. The molecule has 24 heavy (non-hydrogen) atoms. The second kappa shape index (κ2) is 8.08. The Kier molecular flexibility index (Phi) is 5.61. The molecule has 2 unspecified atom stereocenters. The van der Waals surface area contributed by atoms with Gasteiger partial charge in [0.2, 0.25) is 5.91 Å². The Labute approximate surface area is 142 Å². The Morgan fingerprint density at radius 3 is 2.92 bits per heavy atom. The maximum absolute atomic E-state index is 12.1.